The quantitative estimate of drug-likeness (QED) is 0.0971. The molecule has 0 atom stereocenters. The lowest BCUT2D eigenvalue weighted by molar-refractivity contribution is 0.0697. The maximum atomic E-state index is 11.2. The third kappa shape index (κ3) is 5.37. The Kier molecular flexibility index (Phi) is 7.00. The number of fused-ring (bicyclic) bond motifs is 2. The van der Waals surface area contributed by atoms with Crippen molar-refractivity contribution in [2.45, 2.75) is 0 Å². The lowest BCUT2D eigenvalue weighted by Crippen LogP contribution is -1.95. The third-order valence-electron chi connectivity index (χ3n) is 7.79. The number of carboxylic acid groups (broad SMARTS) is 1. The number of rotatable bonds is 7. The zero-order chi connectivity index (χ0) is 30.9. The van der Waals surface area contributed by atoms with Crippen molar-refractivity contribution in [3.63, 3.8) is 0 Å². The molecule has 0 aliphatic carbocycles. The summed E-state index contributed by atoms with van der Waals surface area (Å²) in [7, 11) is 0. The van der Waals surface area contributed by atoms with Gasteiger partial charge in [-0.25, -0.2) is 4.79 Å². The number of aromatic hydroxyl groups is 1. The molecule has 218 valence electrons. The van der Waals surface area contributed by atoms with Gasteiger partial charge in [0.1, 0.15) is 28.7 Å². The molecule has 7 rings (SSSR count). The number of phenolic OH excluding ortho intramolecular Hbond substituents is 1. The van der Waals surface area contributed by atoms with Crippen LogP contribution in [0, 0.1) is 0 Å². The van der Waals surface area contributed by atoms with Gasteiger partial charge in [0, 0.05) is 6.07 Å². The van der Waals surface area contributed by atoms with E-state index in [1.807, 2.05) is 24.3 Å². The van der Waals surface area contributed by atoms with E-state index >= 15 is 0 Å². The van der Waals surface area contributed by atoms with E-state index in [0.29, 0.717) is 28.7 Å². The highest BCUT2D eigenvalue weighted by molar-refractivity contribution is 6.21. The minimum Gasteiger partial charge on any atom is -0.506 e. The number of phenols is 1. The zero-order valence-electron chi connectivity index (χ0n) is 24.0. The van der Waals surface area contributed by atoms with Gasteiger partial charge in [0.2, 0.25) is 0 Å². The Morgan fingerprint density at radius 2 is 0.889 bits per heavy atom. The van der Waals surface area contributed by atoms with E-state index in [4.69, 9.17) is 20.3 Å². The van der Waals surface area contributed by atoms with E-state index in [0.717, 1.165) is 43.8 Å². The van der Waals surface area contributed by atoms with Crippen LogP contribution in [0.25, 0.3) is 43.8 Å². The number of anilines is 1. The van der Waals surface area contributed by atoms with E-state index in [1.54, 1.807) is 24.3 Å². The molecule has 0 heterocycles. The normalized spacial score (nSPS) is 11.0. The second kappa shape index (κ2) is 11.4. The van der Waals surface area contributed by atoms with Crippen molar-refractivity contribution >= 4 is 33.2 Å². The molecule has 45 heavy (non-hydrogen) atoms. The molecule has 7 aromatic carbocycles. The van der Waals surface area contributed by atoms with Gasteiger partial charge in [-0.1, -0.05) is 72.8 Å². The Balaban J connectivity index is 1.26. The molecule has 0 saturated carbocycles. The molecule has 0 radical (unpaired) electrons. The van der Waals surface area contributed by atoms with Crippen molar-refractivity contribution in [3.05, 3.63) is 145 Å². The fourth-order valence-electron chi connectivity index (χ4n) is 5.65. The summed E-state index contributed by atoms with van der Waals surface area (Å²) in [5.41, 5.74) is 10.6. The van der Waals surface area contributed by atoms with Crippen molar-refractivity contribution in [3.8, 4) is 51.0 Å². The molecule has 0 aromatic heterocycles. The molecule has 0 saturated heterocycles. The minimum atomic E-state index is -0.973. The molecule has 6 nitrogen and oxygen atoms in total. The molecule has 0 aliphatic rings. The molecule has 6 heteroatoms. The van der Waals surface area contributed by atoms with Crippen LogP contribution in [0.5, 0.6) is 28.7 Å². The number of ether oxygens (including phenoxy) is 2. The van der Waals surface area contributed by atoms with Gasteiger partial charge in [0.15, 0.2) is 0 Å². The van der Waals surface area contributed by atoms with Crippen molar-refractivity contribution in [1.82, 2.24) is 0 Å². The van der Waals surface area contributed by atoms with Crippen LogP contribution >= 0.6 is 0 Å². The first-order valence-electron chi connectivity index (χ1n) is 14.4. The SMILES string of the molecule is Nc1ccc(Oc2ccc(-c3c4ccccc4c(-c4ccc(Oc5ccc(C(=O)O)cc5)cc4)c4ccccc34)cc2)cc1O. The summed E-state index contributed by atoms with van der Waals surface area (Å²) in [5.74, 6) is 1.38. The minimum absolute atomic E-state index is 0.0170. The standard InChI is InChI=1S/C39H27NO5/c40-35-22-21-30(23-36(35)41)45-29-17-11-25(12-18-29)38-33-7-3-1-5-31(33)37(32-6-2-4-8-34(32)38)24-9-15-27(16-10-24)44-28-19-13-26(14-20-28)39(42)43/h1-23,41H,40H2,(H,42,43). The van der Waals surface area contributed by atoms with Gasteiger partial charge in [-0.3, -0.25) is 0 Å². The molecule has 0 unspecified atom stereocenters. The highest BCUT2D eigenvalue weighted by Crippen LogP contribution is 2.44. The Labute approximate surface area is 259 Å². The topological polar surface area (TPSA) is 102 Å². The summed E-state index contributed by atoms with van der Waals surface area (Å²) in [6, 6.07) is 43.9. The first-order chi connectivity index (χ1) is 21.9. The molecule has 0 bridgehead atoms. The molecular formula is C39H27NO5. The van der Waals surface area contributed by atoms with E-state index in [9.17, 15) is 9.90 Å². The largest absolute Gasteiger partial charge is 0.506 e. The van der Waals surface area contributed by atoms with E-state index in [-0.39, 0.29) is 11.3 Å². The van der Waals surface area contributed by atoms with Crippen LogP contribution in [-0.2, 0) is 0 Å². The summed E-state index contributed by atoms with van der Waals surface area (Å²) >= 11 is 0. The molecule has 0 aliphatic heterocycles. The number of carboxylic acids is 1. The average Bonchev–Trinajstić information content (AvgIpc) is 3.06. The summed E-state index contributed by atoms with van der Waals surface area (Å²) in [6.45, 7) is 0. The summed E-state index contributed by atoms with van der Waals surface area (Å²) in [6.07, 6.45) is 0. The maximum absolute atomic E-state index is 11.2. The van der Waals surface area contributed by atoms with Gasteiger partial charge < -0.3 is 25.4 Å². The number of hydrogen-bond acceptors (Lipinski definition) is 5. The first-order valence-corrected chi connectivity index (χ1v) is 14.4. The Morgan fingerprint density at radius 3 is 1.29 bits per heavy atom. The zero-order valence-corrected chi connectivity index (χ0v) is 24.0. The van der Waals surface area contributed by atoms with Gasteiger partial charge in [-0.15, -0.1) is 0 Å². The Hall–Kier alpha value is -6.27. The van der Waals surface area contributed by atoms with Crippen LogP contribution in [0.3, 0.4) is 0 Å². The summed E-state index contributed by atoms with van der Waals surface area (Å²) in [5, 5.41) is 23.6. The van der Waals surface area contributed by atoms with Crippen LogP contribution in [-0.4, -0.2) is 16.2 Å². The van der Waals surface area contributed by atoms with Crippen LogP contribution < -0.4 is 15.2 Å². The van der Waals surface area contributed by atoms with Gasteiger partial charge >= 0.3 is 5.97 Å². The second-order valence-electron chi connectivity index (χ2n) is 10.6. The predicted octanol–water partition coefficient (Wildman–Crippen LogP) is 9.90. The van der Waals surface area contributed by atoms with Crippen LogP contribution in [0.15, 0.2) is 140 Å². The highest BCUT2D eigenvalue weighted by atomic mass is 16.5. The van der Waals surface area contributed by atoms with Gasteiger partial charge in [0.05, 0.1) is 11.3 Å². The van der Waals surface area contributed by atoms with Gasteiger partial charge in [-0.2, -0.15) is 0 Å². The van der Waals surface area contributed by atoms with E-state index in [2.05, 4.69) is 72.8 Å². The first kappa shape index (κ1) is 27.6. The van der Waals surface area contributed by atoms with Gasteiger partial charge in [-0.05, 0) is 104 Å². The molecule has 4 N–H and O–H groups in total. The molecule has 0 spiro atoms. The number of aromatic carboxylic acids is 1. The average molecular weight is 590 g/mol. The second-order valence-corrected chi connectivity index (χ2v) is 10.6. The maximum Gasteiger partial charge on any atom is 0.335 e. The Morgan fingerprint density at radius 1 is 0.511 bits per heavy atom. The van der Waals surface area contributed by atoms with Crippen molar-refractivity contribution in [2.24, 2.45) is 0 Å². The van der Waals surface area contributed by atoms with Crippen molar-refractivity contribution in [2.75, 3.05) is 5.73 Å². The van der Waals surface area contributed by atoms with Crippen molar-refractivity contribution < 1.29 is 24.5 Å². The van der Waals surface area contributed by atoms with Gasteiger partial charge in [0.25, 0.3) is 0 Å². The summed E-state index contributed by atoms with van der Waals surface area (Å²) < 4.78 is 12.0. The molecule has 0 amide bonds. The molecule has 7 aromatic rings. The number of carbonyl (C=O) groups is 1. The molecule has 0 fully saturated rings. The summed E-state index contributed by atoms with van der Waals surface area (Å²) in [4.78, 5) is 11.2. The van der Waals surface area contributed by atoms with E-state index in [1.165, 1.54) is 18.2 Å². The number of benzene rings is 7. The lowest BCUT2D eigenvalue weighted by atomic mass is 9.86. The van der Waals surface area contributed by atoms with Crippen molar-refractivity contribution in [1.29, 1.82) is 0 Å². The highest BCUT2D eigenvalue weighted by Gasteiger charge is 2.17. The monoisotopic (exact) mass is 589 g/mol. The smallest absolute Gasteiger partial charge is 0.335 e. The van der Waals surface area contributed by atoms with Crippen LogP contribution in [0.1, 0.15) is 10.4 Å². The molecular weight excluding hydrogens is 562 g/mol. The van der Waals surface area contributed by atoms with Crippen LogP contribution in [0.4, 0.5) is 5.69 Å². The number of hydrogen-bond donors (Lipinski definition) is 3. The number of nitrogens with two attached hydrogens (primary N) is 1. The fourth-order valence-corrected chi connectivity index (χ4v) is 5.65. The van der Waals surface area contributed by atoms with E-state index < -0.39 is 5.97 Å². The fraction of sp³-hybridized carbons (Fsp3) is 0. The lowest BCUT2D eigenvalue weighted by Gasteiger charge is -2.18. The Bertz CT molecular complexity index is 2130. The van der Waals surface area contributed by atoms with Crippen LogP contribution in [0.2, 0.25) is 0 Å². The number of nitrogen functional groups attached to an aromatic ring is 1. The predicted molar refractivity (Wildman–Crippen MR) is 178 cm³/mol. The third-order valence-corrected chi connectivity index (χ3v) is 7.79.